The fraction of sp³-hybridized carbons (Fsp3) is 0.667. The van der Waals surface area contributed by atoms with Gasteiger partial charge in [0.1, 0.15) is 5.56 Å². The van der Waals surface area contributed by atoms with Gasteiger partial charge >= 0.3 is 0 Å². The Bertz CT molecular complexity index is 89.9. The first-order valence-corrected chi connectivity index (χ1v) is 4.63. The first kappa shape index (κ1) is 13.9. The minimum absolute atomic E-state index is 0.491. The summed E-state index contributed by atoms with van der Waals surface area (Å²) in [6.45, 7) is 6.98. The van der Waals surface area contributed by atoms with E-state index in [4.69, 9.17) is 11.6 Å². The SMILES string of the molecule is C=CC.CCC(Cl)OP([O-])[O-]. The van der Waals surface area contributed by atoms with Gasteiger partial charge in [0.25, 0.3) is 0 Å². The molecule has 0 saturated heterocycles. The zero-order valence-electron chi connectivity index (χ0n) is 6.62. The Morgan fingerprint density at radius 1 is 1.73 bits per heavy atom. The summed E-state index contributed by atoms with van der Waals surface area (Å²) in [5, 5.41) is 0. The maximum absolute atomic E-state index is 9.70. The summed E-state index contributed by atoms with van der Waals surface area (Å²) < 4.78 is 4.12. The van der Waals surface area contributed by atoms with Gasteiger partial charge in [0.2, 0.25) is 0 Å². The summed E-state index contributed by atoms with van der Waals surface area (Å²) in [5.41, 5.74) is -0.698. The van der Waals surface area contributed by atoms with Crippen LogP contribution in [0.15, 0.2) is 12.7 Å². The van der Waals surface area contributed by atoms with Gasteiger partial charge in [-0.1, -0.05) is 24.6 Å². The largest absolute Gasteiger partial charge is 0.820 e. The molecule has 0 rings (SSSR count). The number of rotatable bonds is 3. The molecule has 3 nitrogen and oxygen atoms in total. The fourth-order valence-corrected chi connectivity index (χ4v) is 0.699. The van der Waals surface area contributed by atoms with Crippen LogP contribution < -0.4 is 9.79 Å². The molecule has 0 amide bonds. The van der Waals surface area contributed by atoms with Crippen molar-refractivity contribution in [1.82, 2.24) is 0 Å². The van der Waals surface area contributed by atoms with Crippen molar-refractivity contribution in [3.8, 4) is 0 Å². The quantitative estimate of drug-likeness (QED) is 0.388. The Morgan fingerprint density at radius 2 is 2.09 bits per heavy atom. The molecule has 0 aromatic rings. The molecule has 0 radical (unpaired) electrons. The van der Waals surface area contributed by atoms with Crippen LogP contribution in [0.5, 0.6) is 0 Å². The number of allylic oxidation sites excluding steroid dienone is 1. The van der Waals surface area contributed by atoms with Gasteiger partial charge in [0, 0.05) is 0 Å². The van der Waals surface area contributed by atoms with Crippen LogP contribution in [-0.4, -0.2) is 5.56 Å². The van der Waals surface area contributed by atoms with Crippen LogP contribution in [0.4, 0.5) is 0 Å². The Balaban J connectivity index is 0. The van der Waals surface area contributed by atoms with Crippen LogP contribution in [0.25, 0.3) is 0 Å². The number of halogens is 1. The van der Waals surface area contributed by atoms with Crippen molar-refractivity contribution < 1.29 is 14.3 Å². The van der Waals surface area contributed by atoms with Crippen molar-refractivity contribution in [3.05, 3.63) is 12.7 Å². The summed E-state index contributed by atoms with van der Waals surface area (Å²) in [6.07, 6.45) is 2.24. The molecular formula is C6H12ClO3P-2. The van der Waals surface area contributed by atoms with Crippen molar-refractivity contribution in [2.24, 2.45) is 0 Å². The molecule has 0 bridgehead atoms. The Morgan fingerprint density at radius 3 is 2.18 bits per heavy atom. The molecule has 11 heavy (non-hydrogen) atoms. The molecule has 0 aliphatic rings. The smallest absolute Gasteiger partial charge is 0.131 e. The van der Waals surface area contributed by atoms with Gasteiger partial charge in [-0.3, -0.25) is 0 Å². The average Bonchev–Trinajstić information content (AvgIpc) is 1.88. The molecule has 0 fully saturated rings. The van der Waals surface area contributed by atoms with Crippen LogP contribution in [0.3, 0.4) is 0 Å². The Kier molecular flexibility index (Phi) is 13.1. The minimum atomic E-state index is -2.78. The van der Waals surface area contributed by atoms with Gasteiger partial charge in [0.05, 0.1) is 0 Å². The molecule has 0 aliphatic heterocycles. The normalized spacial score (nSPS) is 11.8. The van der Waals surface area contributed by atoms with Crippen LogP contribution >= 0.6 is 20.2 Å². The first-order valence-electron chi connectivity index (χ1n) is 3.10. The third-order valence-corrected chi connectivity index (χ3v) is 1.47. The molecular weight excluding hydrogens is 186 g/mol. The van der Waals surface area contributed by atoms with E-state index in [1.807, 2.05) is 6.92 Å². The summed E-state index contributed by atoms with van der Waals surface area (Å²) in [6, 6.07) is 0. The molecule has 68 valence electrons. The van der Waals surface area contributed by atoms with Gasteiger partial charge in [0.15, 0.2) is 0 Å². The number of hydrogen-bond donors (Lipinski definition) is 0. The highest BCUT2D eigenvalue weighted by Crippen LogP contribution is 2.20. The molecule has 0 aromatic carbocycles. The molecule has 0 aliphatic carbocycles. The van der Waals surface area contributed by atoms with Gasteiger partial charge in [-0.05, 0) is 13.3 Å². The lowest BCUT2D eigenvalue weighted by Crippen LogP contribution is -2.14. The second kappa shape index (κ2) is 10.3. The Labute approximate surface area is 73.6 Å². The van der Waals surface area contributed by atoms with Crippen molar-refractivity contribution >= 4 is 20.2 Å². The van der Waals surface area contributed by atoms with E-state index in [0.29, 0.717) is 6.42 Å². The van der Waals surface area contributed by atoms with Gasteiger partial charge in [-0.2, -0.15) is 8.60 Å². The second-order valence-electron chi connectivity index (χ2n) is 1.56. The monoisotopic (exact) mass is 198 g/mol. The molecule has 0 heterocycles. The summed E-state index contributed by atoms with van der Waals surface area (Å²) in [4.78, 5) is 19.4. The van der Waals surface area contributed by atoms with Crippen LogP contribution in [-0.2, 0) is 4.52 Å². The van der Waals surface area contributed by atoms with E-state index in [1.54, 1.807) is 13.0 Å². The van der Waals surface area contributed by atoms with E-state index < -0.39 is 14.2 Å². The lowest BCUT2D eigenvalue weighted by atomic mass is 10.5. The topological polar surface area (TPSA) is 55.3 Å². The van der Waals surface area contributed by atoms with Crippen molar-refractivity contribution in [2.45, 2.75) is 25.8 Å². The molecule has 0 saturated carbocycles. The van der Waals surface area contributed by atoms with Crippen LogP contribution in [0.2, 0.25) is 0 Å². The third kappa shape index (κ3) is 17.9. The van der Waals surface area contributed by atoms with E-state index >= 15 is 0 Å². The van der Waals surface area contributed by atoms with Crippen molar-refractivity contribution in [2.75, 3.05) is 0 Å². The first-order chi connectivity index (χ1) is 5.08. The molecule has 5 heteroatoms. The lowest BCUT2D eigenvalue weighted by molar-refractivity contribution is -0.319. The second-order valence-corrected chi connectivity index (χ2v) is 2.70. The van der Waals surface area contributed by atoms with Crippen LogP contribution in [0, 0.1) is 0 Å². The molecule has 0 N–H and O–H groups in total. The zero-order valence-corrected chi connectivity index (χ0v) is 8.27. The zero-order chi connectivity index (χ0) is 9.28. The van der Waals surface area contributed by atoms with Gasteiger partial charge in [-0.25, -0.2) is 0 Å². The summed E-state index contributed by atoms with van der Waals surface area (Å²) in [7, 11) is -2.78. The number of alkyl halides is 1. The predicted octanol–water partition coefficient (Wildman–Crippen LogP) is 1.12. The van der Waals surface area contributed by atoms with Gasteiger partial charge < -0.3 is 14.3 Å². The van der Waals surface area contributed by atoms with Crippen molar-refractivity contribution in [3.63, 3.8) is 0 Å². The average molecular weight is 199 g/mol. The van der Waals surface area contributed by atoms with E-state index in [2.05, 4.69) is 11.1 Å². The van der Waals surface area contributed by atoms with Gasteiger partial charge in [-0.15, -0.1) is 6.58 Å². The molecule has 0 spiro atoms. The lowest BCUT2D eigenvalue weighted by Gasteiger charge is -2.31. The molecule has 0 aromatic heterocycles. The molecule has 1 atom stereocenters. The van der Waals surface area contributed by atoms with E-state index in [9.17, 15) is 9.79 Å². The fourth-order valence-electron chi connectivity index (χ4n) is 0.168. The van der Waals surface area contributed by atoms with E-state index in [1.165, 1.54) is 0 Å². The highest BCUT2D eigenvalue weighted by atomic mass is 35.5. The van der Waals surface area contributed by atoms with Crippen molar-refractivity contribution in [1.29, 1.82) is 0 Å². The Hall–Kier alpha value is 0.340. The van der Waals surface area contributed by atoms with E-state index in [0.717, 1.165) is 0 Å². The highest BCUT2D eigenvalue weighted by molar-refractivity contribution is 7.36. The van der Waals surface area contributed by atoms with E-state index in [-0.39, 0.29) is 0 Å². The maximum atomic E-state index is 9.70. The highest BCUT2D eigenvalue weighted by Gasteiger charge is 1.94. The minimum Gasteiger partial charge on any atom is -0.820 e. The maximum Gasteiger partial charge on any atom is 0.131 e. The third-order valence-electron chi connectivity index (χ3n) is 0.521. The predicted molar refractivity (Wildman–Crippen MR) is 43.8 cm³/mol. The van der Waals surface area contributed by atoms with Crippen LogP contribution in [0.1, 0.15) is 20.3 Å². The summed E-state index contributed by atoms with van der Waals surface area (Å²) in [5.74, 6) is 0. The standard InChI is InChI=1S/C3H6ClO3P.C3H6/c1-2-3(4)7-8(5)6;1-3-2/h3H,2H2,1H3;3H,1H2,2H3/q-2;. The molecule has 1 unspecified atom stereocenters. The number of hydrogen-bond acceptors (Lipinski definition) is 3. The summed E-state index contributed by atoms with van der Waals surface area (Å²) >= 11 is 5.25.